The highest BCUT2D eigenvalue weighted by Gasteiger charge is 2.45. The number of aromatic nitrogens is 2. The number of benzene rings is 1. The standard InChI is InChI=1S/C28H37N5O2/c1-27-13-4-14-28(2,32-27)17-20(16-27)18-29-25-11-10-23(30-31-25)22-9-5-19(15-24(22)34)6-12-26(35)33(3)21-7-8-21/h5-6,9-12,15,20-21,32,34H,4,7-8,13-14,16-18H2,1-3H3,(H,29,31)/b12-6+. The van der Waals surface area contributed by atoms with Crippen LogP contribution in [-0.2, 0) is 4.79 Å². The Morgan fingerprint density at radius 2 is 1.91 bits per heavy atom. The Morgan fingerprint density at radius 1 is 1.17 bits per heavy atom. The third-order valence-corrected chi connectivity index (χ3v) is 7.93. The molecule has 7 heteroatoms. The first-order valence-corrected chi connectivity index (χ1v) is 12.9. The van der Waals surface area contributed by atoms with Gasteiger partial charge in [-0.25, -0.2) is 0 Å². The van der Waals surface area contributed by atoms with E-state index in [4.69, 9.17) is 0 Å². The summed E-state index contributed by atoms with van der Waals surface area (Å²) in [6.07, 6.45) is 11.6. The number of anilines is 1. The predicted octanol–water partition coefficient (Wildman–Crippen LogP) is 4.60. The average molecular weight is 476 g/mol. The van der Waals surface area contributed by atoms with Gasteiger partial charge in [0, 0.05) is 42.4 Å². The Balaban J connectivity index is 1.19. The van der Waals surface area contributed by atoms with E-state index < -0.39 is 0 Å². The lowest BCUT2D eigenvalue weighted by molar-refractivity contribution is -0.125. The lowest BCUT2D eigenvalue weighted by Gasteiger charge is -2.53. The molecule has 3 N–H and O–H groups in total. The van der Waals surface area contributed by atoms with E-state index in [0.29, 0.717) is 23.2 Å². The van der Waals surface area contributed by atoms with Crippen LogP contribution in [0.3, 0.4) is 0 Å². The highest BCUT2D eigenvalue weighted by atomic mass is 16.3. The van der Waals surface area contributed by atoms with E-state index in [-0.39, 0.29) is 22.7 Å². The van der Waals surface area contributed by atoms with Gasteiger partial charge in [0.25, 0.3) is 0 Å². The minimum Gasteiger partial charge on any atom is -0.507 e. The molecule has 186 valence electrons. The predicted molar refractivity (Wildman–Crippen MR) is 139 cm³/mol. The number of fused-ring (bicyclic) bond motifs is 2. The van der Waals surface area contributed by atoms with E-state index in [1.54, 1.807) is 23.1 Å². The number of aromatic hydroxyl groups is 1. The van der Waals surface area contributed by atoms with Gasteiger partial charge >= 0.3 is 0 Å². The Kier molecular flexibility index (Phi) is 6.30. The number of carbonyl (C=O) groups excluding carboxylic acids is 1. The number of likely N-dealkylation sites (N-methyl/N-ethyl adjacent to an activating group) is 1. The topological polar surface area (TPSA) is 90.4 Å². The monoisotopic (exact) mass is 475 g/mol. The molecule has 2 unspecified atom stereocenters. The van der Waals surface area contributed by atoms with Gasteiger partial charge in [-0.3, -0.25) is 4.79 Å². The number of phenols is 1. The Hall–Kier alpha value is -2.93. The van der Waals surface area contributed by atoms with Crippen LogP contribution in [0.1, 0.15) is 64.4 Å². The fourth-order valence-corrected chi connectivity index (χ4v) is 6.13. The van der Waals surface area contributed by atoms with Gasteiger partial charge in [0.1, 0.15) is 11.6 Å². The quantitative estimate of drug-likeness (QED) is 0.507. The van der Waals surface area contributed by atoms with Gasteiger partial charge in [-0.05, 0) is 101 Å². The summed E-state index contributed by atoms with van der Waals surface area (Å²) in [6.45, 7) is 5.62. The molecule has 3 aliphatic rings. The molecule has 1 aromatic carbocycles. The van der Waals surface area contributed by atoms with Gasteiger partial charge in [0.2, 0.25) is 5.91 Å². The summed E-state index contributed by atoms with van der Waals surface area (Å²) in [5.74, 6) is 1.47. The van der Waals surface area contributed by atoms with Crippen molar-refractivity contribution >= 4 is 17.8 Å². The molecule has 3 heterocycles. The number of nitrogens with one attached hydrogen (secondary N) is 2. The lowest BCUT2D eigenvalue weighted by Crippen LogP contribution is -2.63. The van der Waals surface area contributed by atoms with Crippen LogP contribution in [0.25, 0.3) is 17.3 Å². The van der Waals surface area contributed by atoms with Crippen LogP contribution in [0.15, 0.2) is 36.4 Å². The molecule has 2 atom stereocenters. The second kappa shape index (κ2) is 9.26. The van der Waals surface area contributed by atoms with Crippen molar-refractivity contribution in [2.24, 2.45) is 5.92 Å². The summed E-state index contributed by atoms with van der Waals surface area (Å²) < 4.78 is 0. The first-order valence-electron chi connectivity index (χ1n) is 12.9. The van der Waals surface area contributed by atoms with Crippen molar-refractivity contribution in [3.8, 4) is 17.0 Å². The fourth-order valence-electron chi connectivity index (χ4n) is 6.13. The molecule has 2 aliphatic heterocycles. The van der Waals surface area contributed by atoms with Crippen LogP contribution in [0.5, 0.6) is 5.75 Å². The lowest BCUT2D eigenvalue weighted by atomic mass is 9.67. The maximum Gasteiger partial charge on any atom is 0.246 e. The molecule has 1 amide bonds. The fraction of sp³-hybridized carbons (Fsp3) is 0.536. The minimum absolute atomic E-state index is 0.0130. The number of phenolic OH excluding ortho intramolecular Hbond substituents is 1. The first kappa shape index (κ1) is 23.8. The second-order valence-electron chi connectivity index (χ2n) is 11.3. The molecule has 2 aromatic rings. The number of nitrogens with zero attached hydrogens (tertiary/aromatic N) is 3. The zero-order chi connectivity index (χ0) is 24.6. The maximum atomic E-state index is 12.2. The van der Waals surface area contributed by atoms with Crippen molar-refractivity contribution < 1.29 is 9.90 Å². The van der Waals surface area contributed by atoms with Crippen LogP contribution in [0.2, 0.25) is 0 Å². The molecule has 1 aliphatic carbocycles. The smallest absolute Gasteiger partial charge is 0.246 e. The van der Waals surface area contributed by atoms with Crippen molar-refractivity contribution in [2.45, 2.75) is 75.9 Å². The van der Waals surface area contributed by atoms with Gasteiger partial charge in [0.15, 0.2) is 0 Å². The van der Waals surface area contributed by atoms with Gasteiger partial charge < -0.3 is 20.6 Å². The van der Waals surface area contributed by atoms with Crippen molar-refractivity contribution in [1.29, 1.82) is 0 Å². The Labute approximate surface area is 208 Å². The third-order valence-electron chi connectivity index (χ3n) is 7.93. The van der Waals surface area contributed by atoms with Gasteiger partial charge in [-0.15, -0.1) is 10.2 Å². The minimum atomic E-state index is -0.0130. The van der Waals surface area contributed by atoms with E-state index in [0.717, 1.165) is 30.8 Å². The molecule has 0 radical (unpaired) electrons. The summed E-state index contributed by atoms with van der Waals surface area (Å²) in [4.78, 5) is 14.0. The van der Waals surface area contributed by atoms with E-state index in [9.17, 15) is 9.90 Å². The molecule has 1 aromatic heterocycles. The Morgan fingerprint density at radius 3 is 2.54 bits per heavy atom. The number of amides is 1. The molecular formula is C28H37N5O2. The van der Waals surface area contributed by atoms with Crippen molar-refractivity contribution in [1.82, 2.24) is 20.4 Å². The zero-order valence-corrected chi connectivity index (χ0v) is 21.1. The van der Waals surface area contributed by atoms with E-state index in [2.05, 4.69) is 34.7 Å². The van der Waals surface area contributed by atoms with E-state index in [1.165, 1.54) is 32.1 Å². The average Bonchev–Trinajstić information content (AvgIpc) is 3.65. The number of hydrogen-bond donors (Lipinski definition) is 3. The largest absolute Gasteiger partial charge is 0.507 e. The number of hydrogen-bond acceptors (Lipinski definition) is 6. The molecule has 0 spiro atoms. The molecular weight excluding hydrogens is 438 g/mol. The second-order valence-corrected chi connectivity index (χ2v) is 11.3. The third kappa shape index (κ3) is 5.50. The molecule has 2 saturated heterocycles. The summed E-state index contributed by atoms with van der Waals surface area (Å²) in [7, 11) is 1.83. The van der Waals surface area contributed by atoms with Crippen LogP contribution in [0, 0.1) is 5.92 Å². The normalized spacial score (nSPS) is 28.1. The first-order chi connectivity index (χ1) is 16.7. The van der Waals surface area contributed by atoms with Gasteiger partial charge in [0.05, 0.1) is 5.69 Å². The SMILES string of the molecule is CN(C(=O)/C=C/c1ccc(-c2ccc(NCC3CC4(C)CCCC(C)(C3)N4)nn2)c(O)c1)C1CC1. The highest BCUT2D eigenvalue weighted by molar-refractivity contribution is 5.92. The maximum absolute atomic E-state index is 12.2. The van der Waals surface area contributed by atoms with Crippen LogP contribution < -0.4 is 10.6 Å². The van der Waals surface area contributed by atoms with Crippen molar-refractivity contribution in [3.63, 3.8) is 0 Å². The van der Waals surface area contributed by atoms with Crippen molar-refractivity contribution in [3.05, 3.63) is 42.0 Å². The highest BCUT2D eigenvalue weighted by Crippen LogP contribution is 2.42. The molecule has 2 bridgehead atoms. The number of rotatable bonds is 7. The molecule has 35 heavy (non-hydrogen) atoms. The van der Waals surface area contributed by atoms with Crippen LogP contribution in [0.4, 0.5) is 5.82 Å². The van der Waals surface area contributed by atoms with Gasteiger partial charge in [-0.1, -0.05) is 6.07 Å². The van der Waals surface area contributed by atoms with E-state index >= 15 is 0 Å². The molecule has 7 nitrogen and oxygen atoms in total. The van der Waals surface area contributed by atoms with E-state index in [1.807, 2.05) is 31.3 Å². The molecule has 1 saturated carbocycles. The Bertz CT molecular complexity index is 1090. The number of carbonyl (C=O) groups is 1. The zero-order valence-electron chi connectivity index (χ0n) is 21.1. The molecule has 3 fully saturated rings. The number of piperidine rings is 2. The molecule has 5 rings (SSSR count). The summed E-state index contributed by atoms with van der Waals surface area (Å²) in [6, 6.07) is 9.53. The van der Waals surface area contributed by atoms with Crippen molar-refractivity contribution in [2.75, 3.05) is 18.9 Å². The summed E-state index contributed by atoms with van der Waals surface area (Å²) >= 11 is 0. The summed E-state index contributed by atoms with van der Waals surface area (Å²) in [5.41, 5.74) is 2.49. The van der Waals surface area contributed by atoms with Crippen LogP contribution >= 0.6 is 0 Å². The summed E-state index contributed by atoms with van der Waals surface area (Å²) in [5, 5.41) is 26.6. The van der Waals surface area contributed by atoms with Gasteiger partial charge in [-0.2, -0.15) is 0 Å². The van der Waals surface area contributed by atoms with Crippen LogP contribution in [-0.4, -0.2) is 56.8 Å².